The van der Waals surface area contributed by atoms with Crippen LogP contribution in [0.5, 0.6) is 0 Å². The van der Waals surface area contributed by atoms with E-state index in [0.29, 0.717) is 12.1 Å². The average Bonchev–Trinajstić information content (AvgIpc) is 2.80. The van der Waals surface area contributed by atoms with Gasteiger partial charge in [0.05, 0.1) is 18.8 Å². The molecule has 180 valence electrons. The van der Waals surface area contributed by atoms with Gasteiger partial charge < -0.3 is 25.4 Å². The highest BCUT2D eigenvalue weighted by atomic mass is 16.5. The summed E-state index contributed by atoms with van der Waals surface area (Å²) < 4.78 is 5.68. The molecule has 0 amide bonds. The molecule has 3 N–H and O–H groups in total. The molecule has 2 aliphatic heterocycles. The summed E-state index contributed by atoms with van der Waals surface area (Å²) in [5, 5.41) is 16.7. The van der Waals surface area contributed by atoms with E-state index in [0.717, 1.165) is 84.1 Å². The van der Waals surface area contributed by atoms with Gasteiger partial charge >= 0.3 is 0 Å². The quantitative estimate of drug-likeness (QED) is 0.400. The van der Waals surface area contributed by atoms with Crippen molar-refractivity contribution in [3.63, 3.8) is 0 Å². The Morgan fingerprint density at radius 3 is 2.28 bits per heavy atom. The van der Waals surface area contributed by atoms with Crippen LogP contribution in [0.4, 0.5) is 0 Å². The van der Waals surface area contributed by atoms with E-state index >= 15 is 0 Å². The number of piperidine rings is 2. The lowest BCUT2D eigenvalue weighted by molar-refractivity contribution is 0.0532. The van der Waals surface area contributed by atoms with Crippen LogP contribution in [0.1, 0.15) is 50.7 Å². The molecule has 3 rings (SSSR count). The minimum Gasteiger partial charge on any atom is -0.393 e. The van der Waals surface area contributed by atoms with Gasteiger partial charge in [-0.3, -0.25) is 9.89 Å². The van der Waals surface area contributed by atoms with Crippen molar-refractivity contribution in [3.05, 3.63) is 35.4 Å². The van der Waals surface area contributed by atoms with Crippen LogP contribution in [0, 0.1) is 0 Å². The molecule has 7 heteroatoms. The van der Waals surface area contributed by atoms with Crippen LogP contribution >= 0.6 is 0 Å². The molecule has 0 saturated carbocycles. The van der Waals surface area contributed by atoms with Gasteiger partial charge in [-0.15, -0.1) is 0 Å². The van der Waals surface area contributed by atoms with E-state index < -0.39 is 0 Å². The highest BCUT2D eigenvalue weighted by molar-refractivity contribution is 5.79. The zero-order valence-electron chi connectivity index (χ0n) is 20.2. The Morgan fingerprint density at radius 1 is 1.03 bits per heavy atom. The lowest BCUT2D eigenvalue weighted by Gasteiger charge is -2.33. The van der Waals surface area contributed by atoms with Gasteiger partial charge in [0.25, 0.3) is 0 Å². The van der Waals surface area contributed by atoms with Crippen LogP contribution in [0.2, 0.25) is 0 Å². The van der Waals surface area contributed by atoms with E-state index in [2.05, 4.69) is 63.5 Å². The van der Waals surface area contributed by atoms with Gasteiger partial charge in [-0.2, -0.15) is 0 Å². The first-order valence-corrected chi connectivity index (χ1v) is 12.3. The van der Waals surface area contributed by atoms with Crippen molar-refractivity contribution in [3.8, 4) is 0 Å². The largest absolute Gasteiger partial charge is 0.393 e. The van der Waals surface area contributed by atoms with Gasteiger partial charge in [-0.1, -0.05) is 24.3 Å². The molecule has 0 aromatic heterocycles. The van der Waals surface area contributed by atoms with Crippen molar-refractivity contribution in [1.29, 1.82) is 0 Å². The van der Waals surface area contributed by atoms with Crippen molar-refractivity contribution >= 4 is 5.96 Å². The highest BCUT2D eigenvalue weighted by Crippen LogP contribution is 2.14. The van der Waals surface area contributed by atoms with E-state index in [4.69, 9.17) is 4.74 Å². The molecule has 0 unspecified atom stereocenters. The van der Waals surface area contributed by atoms with Crippen LogP contribution in [0.15, 0.2) is 29.3 Å². The van der Waals surface area contributed by atoms with E-state index in [9.17, 15) is 5.11 Å². The number of aliphatic hydroxyl groups excluding tert-OH is 1. The number of benzene rings is 1. The smallest absolute Gasteiger partial charge is 0.191 e. The fourth-order valence-corrected chi connectivity index (χ4v) is 4.39. The molecule has 0 atom stereocenters. The number of nitrogens with zero attached hydrogens (tertiary/aromatic N) is 3. The standard InChI is InChI=1S/C25H43N5O2/c1-20(2)32-17-16-29-12-8-23(9-13-29)28-25(26-3)27-18-21-4-6-22(7-5-21)19-30-14-10-24(31)11-15-30/h4-7,20,23-24,31H,8-19H2,1-3H3,(H2,26,27,28). The minimum atomic E-state index is -0.111. The molecule has 32 heavy (non-hydrogen) atoms. The monoisotopic (exact) mass is 445 g/mol. The molecule has 1 aromatic rings. The predicted octanol–water partition coefficient (Wildman–Crippen LogP) is 2.20. The van der Waals surface area contributed by atoms with Gasteiger partial charge in [-0.25, -0.2) is 0 Å². The second kappa shape index (κ2) is 13.1. The fourth-order valence-electron chi connectivity index (χ4n) is 4.39. The van der Waals surface area contributed by atoms with Crippen LogP contribution < -0.4 is 10.6 Å². The maximum Gasteiger partial charge on any atom is 0.191 e. The number of aliphatic imine (C=N–C) groups is 1. The molecule has 7 nitrogen and oxygen atoms in total. The van der Waals surface area contributed by atoms with Gasteiger partial charge in [-0.05, 0) is 50.7 Å². The Kier molecular flexibility index (Phi) is 10.2. The second-order valence-electron chi connectivity index (χ2n) is 9.43. The third-order valence-electron chi connectivity index (χ3n) is 6.46. The molecule has 0 aliphatic carbocycles. The normalized spacial score (nSPS) is 20.1. The molecule has 0 spiro atoms. The summed E-state index contributed by atoms with van der Waals surface area (Å²) in [4.78, 5) is 9.34. The topological polar surface area (TPSA) is 72.4 Å². The van der Waals surface area contributed by atoms with E-state index in [1.807, 2.05) is 7.05 Å². The van der Waals surface area contributed by atoms with Crippen LogP contribution in [-0.4, -0.2) is 85.5 Å². The predicted molar refractivity (Wildman–Crippen MR) is 131 cm³/mol. The Morgan fingerprint density at radius 2 is 1.66 bits per heavy atom. The molecule has 0 bridgehead atoms. The summed E-state index contributed by atoms with van der Waals surface area (Å²) in [5.41, 5.74) is 2.59. The Balaban J connectivity index is 1.35. The van der Waals surface area contributed by atoms with Crippen molar-refractivity contribution in [2.75, 3.05) is 46.4 Å². The van der Waals surface area contributed by atoms with E-state index in [1.54, 1.807) is 0 Å². The van der Waals surface area contributed by atoms with E-state index in [-0.39, 0.29) is 6.10 Å². The Hall–Kier alpha value is -1.67. The molecule has 2 saturated heterocycles. The van der Waals surface area contributed by atoms with Gasteiger partial charge in [0.2, 0.25) is 0 Å². The Labute approximate surface area is 194 Å². The summed E-state index contributed by atoms with van der Waals surface area (Å²) in [5.74, 6) is 0.877. The minimum absolute atomic E-state index is 0.111. The number of hydrogen-bond donors (Lipinski definition) is 3. The maximum atomic E-state index is 9.66. The number of nitrogens with one attached hydrogen (secondary N) is 2. The van der Waals surface area contributed by atoms with Gasteiger partial charge in [0.1, 0.15) is 0 Å². The second-order valence-corrected chi connectivity index (χ2v) is 9.43. The lowest BCUT2D eigenvalue weighted by Crippen LogP contribution is -2.49. The number of aliphatic hydroxyl groups is 1. The summed E-state index contributed by atoms with van der Waals surface area (Å²) in [6.45, 7) is 11.9. The van der Waals surface area contributed by atoms with Crippen molar-refractivity contribution in [1.82, 2.24) is 20.4 Å². The van der Waals surface area contributed by atoms with Crippen LogP contribution in [0.3, 0.4) is 0 Å². The van der Waals surface area contributed by atoms with E-state index in [1.165, 1.54) is 11.1 Å². The summed E-state index contributed by atoms with van der Waals surface area (Å²) >= 11 is 0. The third kappa shape index (κ3) is 8.70. The first-order chi connectivity index (χ1) is 15.5. The third-order valence-corrected chi connectivity index (χ3v) is 6.46. The Bertz CT molecular complexity index is 678. The molecule has 2 aliphatic rings. The highest BCUT2D eigenvalue weighted by Gasteiger charge is 2.20. The molecule has 2 heterocycles. The number of rotatable bonds is 9. The number of likely N-dealkylation sites (tertiary alicyclic amines) is 2. The molecular formula is C25H43N5O2. The maximum absolute atomic E-state index is 9.66. The molecular weight excluding hydrogens is 402 g/mol. The number of ether oxygens (including phenoxy) is 1. The van der Waals surface area contributed by atoms with Crippen molar-refractivity contribution in [2.45, 2.75) is 70.9 Å². The zero-order valence-corrected chi connectivity index (χ0v) is 20.2. The summed E-state index contributed by atoms with van der Waals surface area (Å²) in [7, 11) is 1.84. The van der Waals surface area contributed by atoms with Crippen LogP contribution in [-0.2, 0) is 17.8 Å². The average molecular weight is 446 g/mol. The SMILES string of the molecule is CN=C(NCc1ccc(CN2CCC(O)CC2)cc1)NC1CCN(CCOC(C)C)CC1. The molecule has 0 radical (unpaired) electrons. The van der Waals surface area contributed by atoms with Gasteiger partial charge in [0.15, 0.2) is 5.96 Å². The zero-order chi connectivity index (χ0) is 22.8. The lowest BCUT2D eigenvalue weighted by atomic mass is 10.1. The summed E-state index contributed by atoms with van der Waals surface area (Å²) in [6.07, 6.45) is 4.23. The molecule has 2 fully saturated rings. The number of guanidine groups is 1. The van der Waals surface area contributed by atoms with Crippen molar-refractivity contribution < 1.29 is 9.84 Å². The first-order valence-electron chi connectivity index (χ1n) is 12.3. The first kappa shape index (κ1) is 25.0. The number of hydrogen-bond acceptors (Lipinski definition) is 5. The summed E-state index contributed by atoms with van der Waals surface area (Å²) in [6, 6.07) is 9.31. The van der Waals surface area contributed by atoms with Crippen LogP contribution in [0.25, 0.3) is 0 Å². The van der Waals surface area contributed by atoms with Crippen molar-refractivity contribution in [2.24, 2.45) is 4.99 Å². The van der Waals surface area contributed by atoms with Gasteiger partial charge in [0, 0.05) is 58.9 Å². The fraction of sp³-hybridized carbons (Fsp3) is 0.720. The molecule has 1 aromatic carbocycles.